The molecule has 0 atom stereocenters. The molecular weight excluding hydrogens is 164 g/mol. The quantitative estimate of drug-likeness (QED) is 0.761. The molecule has 0 bridgehead atoms. The van der Waals surface area contributed by atoms with E-state index in [4.69, 9.17) is 10.5 Å². The number of nitrogens with two attached hydrogens (primary N) is 1. The third kappa shape index (κ3) is 3.42. The number of rotatable bonds is 4. The Hall–Kier alpha value is -1.09. The van der Waals surface area contributed by atoms with Gasteiger partial charge in [-0.15, -0.1) is 0 Å². The van der Waals surface area contributed by atoms with Crippen LogP contribution >= 0.6 is 0 Å². The number of aromatic nitrogens is 1. The van der Waals surface area contributed by atoms with Gasteiger partial charge in [0.25, 0.3) is 0 Å². The summed E-state index contributed by atoms with van der Waals surface area (Å²) >= 11 is 0. The van der Waals surface area contributed by atoms with E-state index in [2.05, 4.69) is 4.98 Å². The van der Waals surface area contributed by atoms with Crippen LogP contribution in [0, 0.1) is 0 Å². The van der Waals surface area contributed by atoms with Crippen LogP contribution in [-0.2, 0) is 6.42 Å². The summed E-state index contributed by atoms with van der Waals surface area (Å²) in [5.74, 6) is 0.677. The molecule has 0 aliphatic rings. The zero-order valence-corrected chi connectivity index (χ0v) is 8.16. The fraction of sp³-hybridized carbons (Fsp3) is 0.500. The molecule has 1 heterocycles. The van der Waals surface area contributed by atoms with Gasteiger partial charge in [0.2, 0.25) is 5.88 Å². The summed E-state index contributed by atoms with van der Waals surface area (Å²) in [6.45, 7) is 4.62. The number of ether oxygens (including phenoxy) is 1. The van der Waals surface area contributed by atoms with E-state index in [0.29, 0.717) is 12.4 Å². The molecule has 0 saturated heterocycles. The van der Waals surface area contributed by atoms with Crippen molar-refractivity contribution in [2.75, 3.05) is 6.54 Å². The van der Waals surface area contributed by atoms with Crippen molar-refractivity contribution in [2.45, 2.75) is 26.4 Å². The summed E-state index contributed by atoms with van der Waals surface area (Å²) in [7, 11) is 0. The average Bonchev–Trinajstić information content (AvgIpc) is 2.08. The van der Waals surface area contributed by atoms with Crippen LogP contribution < -0.4 is 10.5 Å². The molecule has 0 aromatic carbocycles. The third-order valence-corrected chi connectivity index (χ3v) is 1.59. The lowest BCUT2D eigenvalue weighted by molar-refractivity contribution is 0.232. The van der Waals surface area contributed by atoms with Crippen molar-refractivity contribution in [3.63, 3.8) is 0 Å². The molecule has 0 aliphatic carbocycles. The fourth-order valence-electron chi connectivity index (χ4n) is 1.04. The Morgan fingerprint density at radius 1 is 1.46 bits per heavy atom. The van der Waals surface area contributed by atoms with Crippen LogP contribution in [-0.4, -0.2) is 17.6 Å². The second-order valence-corrected chi connectivity index (χ2v) is 3.21. The third-order valence-electron chi connectivity index (χ3n) is 1.59. The highest BCUT2D eigenvalue weighted by Crippen LogP contribution is 2.09. The van der Waals surface area contributed by atoms with Crippen LogP contribution in [0.3, 0.4) is 0 Å². The van der Waals surface area contributed by atoms with Gasteiger partial charge in [-0.1, -0.05) is 6.07 Å². The predicted octanol–water partition coefficient (Wildman–Crippen LogP) is 1.37. The van der Waals surface area contributed by atoms with Crippen LogP contribution in [0.2, 0.25) is 0 Å². The summed E-state index contributed by atoms with van der Waals surface area (Å²) in [6.07, 6.45) is 2.85. The Morgan fingerprint density at radius 2 is 2.23 bits per heavy atom. The molecule has 0 spiro atoms. The molecule has 1 aromatic heterocycles. The normalized spacial score (nSPS) is 10.5. The van der Waals surface area contributed by atoms with Gasteiger partial charge in [-0.2, -0.15) is 0 Å². The Balaban J connectivity index is 2.59. The highest BCUT2D eigenvalue weighted by Gasteiger charge is 1.98. The second-order valence-electron chi connectivity index (χ2n) is 3.21. The first-order chi connectivity index (χ1) is 6.22. The highest BCUT2D eigenvalue weighted by atomic mass is 16.5. The smallest absolute Gasteiger partial charge is 0.213 e. The maximum absolute atomic E-state index is 5.42. The largest absolute Gasteiger partial charge is 0.475 e. The van der Waals surface area contributed by atoms with Gasteiger partial charge in [-0.3, -0.25) is 0 Å². The lowest BCUT2D eigenvalue weighted by atomic mass is 10.2. The minimum atomic E-state index is 0.174. The predicted molar refractivity (Wildman–Crippen MR) is 52.8 cm³/mol. The van der Waals surface area contributed by atoms with Crippen molar-refractivity contribution in [3.8, 4) is 5.88 Å². The zero-order valence-electron chi connectivity index (χ0n) is 8.16. The van der Waals surface area contributed by atoms with E-state index < -0.39 is 0 Å². The summed E-state index contributed by atoms with van der Waals surface area (Å²) in [5, 5.41) is 0. The Morgan fingerprint density at radius 3 is 2.69 bits per heavy atom. The second kappa shape index (κ2) is 4.82. The minimum absolute atomic E-state index is 0.174. The Kier molecular flexibility index (Phi) is 3.71. The SMILES string of the molecule is CC(C)Oc1ccc(CCN)cn1. The number of pyridine rings is 1. The monoisotopic (exact) mass is 180 g/mol. The van der Waals surface area contributed by atoms with Crippen molar-refractivity contribution in [2.24, 2.45) is 5.73 Å². The van der Waals surface area contributed by atoms with Crippen molar-refractivity contribution in [1.29, 1.82) is 0 Å². The van der Waals surface area contributed by atoms with Crippen molar-refractivity contribution in [1.82, 2.24) is 4.98 Å². The molecule has 1 rings (SSSR count). The van der Waals surface area contributed by atoms with Crippen molar-refractivity contribution < 1.29 is 4.74 Å². The maximum Gasteiger partial charge on any atom is 0.213 e. The molecule has 0 unspecified atom stereocenters. The lowest BCUT2D eigenvalue weighted by Crippen LogP contribution is -2.07. The van der Waals surface area contributed by atoms with Crippen LogP contribution in [0.4, 0.5) is 0 Å². The standard InChI is InChI=1S/C10H16N2O/c1-8(2)13-10-4-3-9(5-6-11)7-12-10/h3-4,7-8H,5-6,11H2,1-2H3. The Labute approximate surface area is 78.9 Å². The molecule has 3 heteroatoms. The summed E-state index contributed by atoms with van der Waals surface area (Å²) in [5.41, 5.74) is 6.57. The van der Waals surface area contributed by atoms with Gasteiger partial charge in [-0.05, 0) is 32.4 Å². The molecule has 0 amide bonds. The van der Waals surface area contributed by atoms with Crippen LogP contribution in [0.1, 0.15) is 19.4 Å². The first-order valence-electron chi connectivity index (χ1n) is 4.54. The first-order valence-corrected chi connectivity index (χ1v) is 4.54. The highest BCUT2D eigenvalue weighted by molar-refractivity contribution is 5.18. The minimum Gasteiger partial charge on any atom is -0.475 e. The van der Waals surface area contributed by atoms with E-state index in [0.717, 1.165) is 12.0 Å². The summed E-state index contributed by atoms with van der Waals surface area (Å²) < 4.78 is 5.40. The van der Waals surface area contributed by atoms with Crippen LogP contribution in [0.5, 0.6) is 5.88 Å². The van der Waals surface area contributed by atoms with Gasteiger partial charge >= 0.3 is 0 Å². The number of nitrogens with zero attached hydrogens (tertiary/aromatic N) is 1. The maximum atomic E-state index is 5.42. The van der Waals surface area contributed by atoms with E-state index in [1.807, 2.05) is 32.2 Å². The van der Waals surface area contributed by atoms with Crippen LogP contribution in [0.25, 0.3) is 0 Å². The number of hydrogen-bond acceptors (Lipinski definition) is 3. The molecule has 0 fully saturated rings. The molecule has 0 saturated carbocycles. The molecule has 13 heavy (non-hydrogen) atoms. The molecule has 72 valence electrons. The van der Waals surface area contributed by atoms with Gasteiger partial charge in [-0.25, -0.2) is 4.98 Å². The fourth-order valence-corrected chi connectivity index (χ4v) is 1.04. The van der Waals surface area contributed by atoms with Gasteiger partial charge < -0.3 is 10.5 Å². The summed E-state index contributed by atoms with van der Waals surface area (Å²) in [4.78, 5) is 4.16. The lowest BCUT2D eigenvalue weighted by Gasteiger charge is -2.08. The van der Waals surface area contributed by atoms with E-state index in [1.165, 1.54) is 0 Å². The van der Waals surface area contributed by atoms with E-state index >= 15 is 0 Å². The molecule has 0 radical (unpaired) electrons. The average molecular weight is 180 g/mol. The Bertz CT molecular complexity index is 244. The molecule has 2 N–H and O–H groups in total. The van der Waals surface area contributed by atoms with Gasteiger partial charge in [0.05, 0.1) is 6.10 Å². The van der Waals surface area contributed by atoms with Gasteiger partial charge in [0.1, 0.15) is 0 Å². The zero-order chi connectivity index (χ0) is 9.68. The summed E-state index contributed by atoms with van der Waals surface area (Å²) in [6, 6.07) is 3.88. The number of hydrogen-bond donors (Lipinski definition) is 1. The van der Waals surface area contributed by atoms with Crippen LogP contribution in [0.15, 0.2) is 18.3 Å². The van der Waals surface area contributed by atoms with Gasteiger partial charge in [0.15, 0.2) is 0 Å². The molecule has 1 aromatic rings. The van der Waals surface area contributed by atoms with E-state index in [9.17, 15) is 0 Å². The molecule has 3 nitrogen and oxygen atoms in total. The van der Waals surface area contributed by atoms with Crippen molar-refractivity contribution >= 4 is 0 Å². The molecular formula is C10H16N2O. The van der Waals surface area contributed by atoms with Gasteiger partial charge in [0, 0.05) is 12.3 Å². The van der Waals surface area contributed by atoms with E-state index in [1.54, 1.807) is 0 Å². The molecule has 0 aliphatic heterocycles. The first kappa shape index (κ1) is 9.99. The van der Waals surface area contributed by atoms with E-state index in [-0.39, 0.29) is 6.10 Å². The topological polar surface area (TPSA) is 48.1 Å². The van der Waals surface area contributed by atoms with Crippen molar-refractivity contribution in [3.05, 3.63) is 23.9 Å².